The molecule has 0 aromatic heterocycles. The van der Waals surface area contributed by atoms with E-state index < -0.39 is 10.0 Å². The van der Waals surface area contributed by atoms with Crippen LogP contribution in [0.1, 0.15) is 25.3 Å². The first-order chi connectivity index (χ1) is 12.4. The van der Waals surface area contributed by atoms with Crippen molar-refractivity contribution in [2.75, 3.05) is 27.2 Å². The Morgan fingerprint density at radius 3 is 2.42 bits per heavy atom. The number of nitrogens with zero attached hydrogens (tertiary/aromatic N) is 2. The molecule has 0 amide bonds. The smallest absolute Gasteiger partial charge is 0.242 e. The molecule has 1 heterocycles. The lowest BCUT2D eigenvalue weighted by atomic mass is 10.0. The van der Waals surface area contributed by atoms with E-state index in [1.165, 1.54) is 29.3 Å². The van der Waals surface area contributed by atoms with Gasteiger partial charge in [-0.05, 0) is 61.6 Å². The van der Waals surface area contributed by atoms with E-state index in [4.69, 9.17) is 0 Å². The Labute approximate surface area is 157 Å². The van der Waals surface area contributed by atoms with Gasteiger partial charge in [0.2, 0.25) is 10.0 Å². The third-order valence-electron chi connectivity index (χ3n) is 5.28. The van der Waals surface area contributed by atoms with Crippen molar-refractivity contribution in [3.05, 3.63) is 54.1 Å². The van der Waals surface area contributed by atoms with Crippen molar-refractivity contribution in [3.63, 3.8) is 0 Å². The minimum atomic E-state index is -3.41. The molecule has 1 fully saturated rings. The van der Waals surface area contributed by atoms with Gasteiger partial charge in [0.15, 0.2) is 0 Å². The molecule has 3 rings (SSSR count). The molecule has 1 aliphatic rings. The van der Waals surface area contributed by atoms with Gasteiger partial charge in [-0.2, -0.15) is 0 Å². The maximum atomic E-state index is 12.3. The maximum absolute atomic E-state index is 12.3. The third-order valence-corrected chi connectivity index (χ3v) is 7.09. The van der Waals surface area contributed by atoms with Gasteiger partial charge in [0.05, 0.1) is 4.90 Å². The van der Waals surface area contributed by atoms with Gasteiger partial charge in [-0.1, -0.05) is 36.4 Å². The largest absolute Gasteiger partial charge is 0.300 e. The predicted octanol–water partition coefficient (Wildman–Crippen LogP) is 3.63. The zero-order chi connectivity index (χ0) is 18.7. The summed E-state index contributed by atoms with van der Waals surface area (Å²) in [7, 11) is -0.304. The number of likely N-dealkylation sites (tertiary alicyclic amines) is 1. The SMILES string of the molecule is C[C@@H]1CCCN1CCc1ccc(-c2cccc(S(=O)(=O)N(C)C)c2)cc1. The normalized spacial score (nSPS) is 18.5. The first-order valence-electron chi connectivity index (χ1n) is 9.24. The van der Waals surface area contributed by atoms with Gasteiger partial charge in [-0.3, -0.25) is 0 Å². The molecular weight excluding hydrogens is 344 g/mol. The highest BCUT2D eigenvalue weighted by Gasteiger charge is 2.19. The summed E-state index contributed by atoms with van der Waals surface area (Å²) >= 11 is 0. The van der Waals surface area contributed by atoms with Crippen molar-refractivity contribution in [3.8, 4) is 11.1 Å². The second-order valence-electron chi connectivity index (χ2n) is 7.29. The molecule has 0 bridgehead atoms. The highest BCUT2D eigenvalue weighted by Crippen LogP contribution is 2.24. The lowest BCUT2D eigenvalue weighted by molar-refractivity contribution is 0.272. The lowest BCUT2D eigenvalue weighted by Crippen LogP contribution is -2.28. The van der Waals surface area contributed by atoms with Crippen LogP contribution in [0.15, 0.2) is 53.4 Å². The Morgan fingerprint density at radius 2 is 1.81 bits per heavy atom. The highest BCUT2D eigenvalue weighted by molar-refractivity contribution is 7.89. The van der Waals surface area contributed by atoms with Gasteiger partial charge in [-0.15, -0.1) is 0 Å². The van der Waals surface area contributed by atoms with Crippen molar-refractivity contribution in [2.24, 2.45) is 0 Å². The second-order valence-corrected chi connectivity index (χ2v) is 9.44. The number of benzene rings is 2. The Balaban J connectivity index is 1.72. The van der Waals surface area contributed by atoms with Crippen LogP contribution in [-0.4, -0.2) is 50.8 Å². The van der Waals surface area contributed by atoms with E-state index in [-0.39, 0.29) is 0 Å². The summed E-state index contributed by atoms with van der Waals surface area (Å²) in [6.45, 7) is 4.63. The van der Waals surface area contributed by atoms with Crippen molar-refractivity contribution in [1.29, 1.82) is 0 Å². The lowest BCUT2D eigenvalue weighted by Gasteiger charge is -2.20. The maximum Gasteiger partial charge on any atom is 0.242 e. The van der Waals surface area contributed by atoms with E-state index in [2.05, 4.69) is 36.1 Å². The summed E-state index contributed by atoms with van der Waals surface area (Å²) in [6, 6.07) is 16.3. The molecule has 0 spiro atoms. The van der Waals surface area contributed by atoms with Crippen LogP contribution in [0.3, 0.4) is 0 Å². The van der Waals surface area contributed by atoms with E-state index in [1.54, 1.807) is 32.3 Å². The molecule has 0 saturated carbocycles. The van der Waals surface area contributed by atoms with Crippen LogP contribution in [0.2, 0.25) is 0 Å². The molecule has 2 aromatic rings. The molecule has 1 atom stereocenters. The van der Waals surface area contributed by atoms with E-state index in [0.717, 1.165) is 24.1 Å². The van der Waals surface area contributed by atoms with Crippen LogP contribution < -0.4 is 0 Å². The minimum Gasteiger partial charge on any atom is -0.300 e. The Bertz CT molecular complexity index is 845. The zero-order valence-corrected chi connectivity index (χ0v) is 16.7. The average molecular weight is 373 g/mol. The molecule has 4 nitrogen and oxygen atoms in total. The summed E-state index contributed by atoms with van der Waals surface area (Å²) in [5.41, 5.74) is 3.29. The van der Waals surface area contributed by atoms with Crippen molar-refractivity contribution < 1.29 is 8.42 Å². The third kappa shape index (κ3) is 4.17. The van der Waals surface area contributed by atoms with Crippen molar-refractivity contribution in [1.82, 2.24) is 9.21 Å². The fourth-order valence-electron chi connectivity index (χ4n) is 3.51. The van der Waals surface area contributed by atoms with Crippen molar-refractivity contribution in [2.45, 2.75) is 37.1 Å². The summed E-state index contributed by atoms with van der Waals surface area (Å²) in [5.74, 6) is 0. The summed E-state index contributed by atoms with van der Waals surface area (Å²) < 4.78 is 25.9. The average Bonchev–Trinajstić information content (AvgIpc) is 3.05. The molecule has 1 saturated heterocycles. The second kappa shape index (κ2) is 7.91. The molecule has 0 unspecified atom stereocenters. The molecule has 2 aromatic carbocycles. The standard InChI is InChI=1S/C21H28N2O2S/c1-17-6-5-14-23(17)15-13-18-9-11-19(12-10-18)20-7-4-8-21(16-20)26(24,25)22(2)3/h4,7-12,16-17H,5-6,13-15H2,1-3H3/t17-/m1/s1. The zero-order valence-electron chi connectivity index (χ0n) is 15.9. The van der Waals surface area contributed by atoms with Gasteiger partial charge in [-0.25, -0.2) is 12.7 Å². The predicted molar refractivity (Wildman–Crippen MR) is 107 cm³/mol. The molecule has 140 valence electrons. The van der Waals surface area contributed by atoms with Crippen LogP contribution >= 0.6 is 0 Å². The minimum absolute atomic E-state index is 0.326. The van der Waals surface area contributed by atoms with Crippen LogP contribution in [0, 0.1) is 0 Å². The van der Waals surface area contributed by atoms with E-state index in [0.29, 0.717) is 10.9 Å². The van der Waals surface area contributed by atoms with Crippen LogP contribution in [0.5, 0.6) is 0 Å². The number of hydrogen-bond acceptors (Lipinski definition) is 3. The number of hydrogen-bond donors (Lipinski definition) is 0. The van der Waals surface area contributed by atoms with Crippen LogP contribution in [-0.2, 0) is 16.4 Å². The molecule has 5 heteroatoms. The van der Waals surface area contributed by atoms with Gasteiger partial charge in [0, 0.05) is 26.7 Å². The van der Waals surface area contributed by atoms with Crippen LogP contribution in [0.4, 0.5) is 0 Å². The van der Waals surface area contributed by atoms with E-state index in [9.17, 15) is 8.42 Å². The summed E-state index contributed by atoms with van der Waals surface area (Å²) in [4.78, 5) is 2.89. The quantitative estimate of drug-likeness (QED) is 0.777. The van der Waals surface area contributed by atoms with Gasteiger partial charge >= 0.3 is 0 Å². The molecule has 1 aliphatic heterocycles. The van der Waals surface area contributed by atoms with Gasteiger partial charge < -0.3 is 4.90 Å². The Hall–Kier alpha value is -1.69. The van der Waals surface area contributed by atoms with Gasteiger partial charge in [0.1, 0.15) is 0 Å². The topological polar surface area (TPSA) is 40.6 Å². The molecule has 0 N–H and O–H groups in total. The first kappa shape index (κ1) is 19.1. The molecule has 0 radical (unpaired) electrons. The summed E-state index contributed by atoms with van der Waals surface area (Å²) in [6.07, 6.45) is 3.68. The molecular formula is C21H28N2O2S. The summed E-state index contributed by atoms with van der Waals surface area (Å²) in [5, 5.41) is 0. The Morgan fingerprint density at radius 1 is 1.08 bits per heavy atom. The van der Waals surface area contributed by atoms with Crippen LogP contribution in [0.25, 0.3) is 11.1 Å². The van der Waals surface area contributed by atoms with Crippen molar-refractivity contribution >= 4 is 10.0 Å². The fourth-order valence-corrected chi connectivity index (χ4v) is 4.46. The Kier molecular flexibility index (Phi) is 5.80. The van der Waals surface area contributed by atoms with E-state index >= 15 is 0 Å². The highest BCUT2D eigenvalue weighted by atomic mass is 32.2. The number of rotatable bonds is 6. The van der Waals surface area contributed by atoms with Gasteiger partial charge in [0.25, 0.3) is 0 Å². The first-order valence-corrected chi connectivity index (χ1v) is 10.7. The fraction of sp³-hybridized carbons (Fsp3) is 0.429. The monoisotopic (exact) mass is 372 g/mol. The molecule has 0 aliphatic carbocycles. The molecule has 26 heavy (non-hydrogen) atoms. The van der Waals surface area contributed by atoms with E-state index in [1.807, 2.05) is 6.07 Å². The number of sulfonamides is 1.